The van der Waals surface area contributed by atoms with Gasteiger partial charge in [0.1, 0.15) is 0 Å². The van der Waals surface area contributed by atoms with Gasteiger partial charge in [0.25, 0.3) is 5.91 Å². The average Bonchev–Trinajstić information content (AvgIpc) is 2.89. The molecule has 1 saturated carbocycles. The van der Waals surface area contributed by atoms with E-state index in [1.54, 1.807) is 0 Å². The highest BCUT2D eigenvalue weighted by Crippen LogP contribution is 2.26. The molecule has 1 amide bonds. The Kier molecular flexibility index (Phi) is 4.59. The average molecular weight is 308 g/mol. The van der Waals surface area contributed by atoms with Crippen molar-refractivity contribution in [1.29, 1.82) is 0 Å². The number of rotatable bonds is 4. The largest absolute Gasteiger partial charge is 0.332 e. The highest BCUT2D eigenvalue weighted by atomic mass is 79.9. The van der Waals surface area contributed by atoms with Crippen molar-refractivity contribution < 1.29 is 4.79 Å². The highest BCUT2D eigenvalue weighted by Gasteiger charge is 2.27. The molecule has 1 aliphatic rings. The molecular weight excluding hydrogens is 290 g/mol. The fourth-order valence-electron chi connectivity index (χ4n) is 2.54. The number of carbonyl (C=O) groups is 1. The maximum absolute atomic E-state index is 12.6. The Morgan fingerprint density at radius 3 is 2.67 bits per heavy atom. The normalized spacial score (nSPS) is 15.6. The first-order valence-corrected chi connectivity index (χ1v) is 7.19. The highest BCUT2D eigenvalue weighted by molar-refractivity contribution is 9.10. The van der Waals surface area contributed by atoms with Crippen LogP contribution < -0.4 is 0 Å². The Balaban J connectivity index is 2.22. The zero-order chi connectivity index (χ0) is 13.0. The summed E-state index contributed by atoms with van der Waals surface area (Å²) in [7, 11) is 0. The third-order valence-corrected chi connectivity index (χ3v) is 4.15. The zero-order valence-electron chi connectivity index (χ0n) is 10.4. The summed E-state index contributed by atoms with van der Waals surface area (Å²) in [6.07, 6.45) is 6.49. The van der Waals surface area contributed by atoms with E-state index in [0.717, 1.165) is 22.9 Å². The Morgan fingerprint density at radius 2 is 2.06 bits per heavy atom. The SMILES string of the molecule is C=CCN(C(=O)c1ccccc1Br)C1CCCC1. The van der Waals surface area contributed by atoms with Crippen LogP contribution in [0.2, 0.25) is 0 Å². The maximum atomic E-state index is 12.6. The van der Waals surface area contributed by atoms with Crippen molar-refractivity contribution in [2.75, 3.05) is 6.54 Å². The van der Waals surface area contributed by atoms with E-state index in [9.17, 15) is 4.79 Å². The Hall–Kier alpha value is -1.09. The van der Waals surface area contributed by atoms with Crippen LogP contribution in [0.15, 0.2) is 41.4 Å². The number of amides is 1. The third kappa shape index (κ3) is 2.83. The third-order valence-electron chi connectivity index (χ3n) is 3.46. The van der Waals surface area contributed by atoms with E-state index in [-0.39, 0.29) is 5.91 Å². The van der Waals surface area contributed by atoms with E-state index in [1.807, 2.05) is 35.2 Å². The molecule has 0 saturated heterocycles. The zero-order valence-corrected chi connectivity index (χ0v) is 12.0. The fraction of sp³-hybridized carbons (Fsp3) is 0.400. The van der Waals surface area contributed by atoms with E-state index < -0.39 is 0 Å². The molecule has 0 N–H and O–H groups in total. The number of halogens is 1. The van der Waals surface area contributed by atoms with Crippen molar-refractivity contribution in [2.24, 2.45) is 0 Å². The van der Waals surface area contributed by atoms with Crippen LogP contribution in [0, 0.1) is 0 Å². The second-order valence-corrected chi connectivity index (χ2v) is 5.52. The van der Waals surface area contributed by atoms with Crippen LogP contribution in [-0.4, -0.2) is 23.4 Å². The molecule has 2 rings (SSSR count). The lowest BCUT2D eigenvalue weighted by atomic mass is 10.1. The van der Waals surface area contributed by atoms with Crippen molar-refractivity contribution in [3.05, 3.63) is 47.0 Å². The molecule has 0 aromatic heterocycles. The van der Waals surface area contributed by atoms with Gasteiger partial charge in [0.05, 0.1) is 5.56 Å². The Labute approximate surface area is 117 Å². The summed E-state index contributed by atoms with van der Waals surface area (Å²) < 4.78 is 0.863. The van der Waals surface area contributed by atoms with Gasteiger partial charge in [0.2, 0.25) is 0 Å². The Morgan fingerprint density at radius 1 is 1.39 bits per heavy atom. The molecule has 0 aliphatic heterocycles. The standard InChI is InChI=1S/C15H18BrNO/c1-2-11-17(12-7-3-4-8-12)15(18)13-9-5-6-10-14(13)16/h2,5-6,9-10,12H,1,3-4,7-8,11H2. The molecule has 1 fully saturated rings. The summed E-state index contributed by atoms with van der Waals surface area (Å²) in [4.78, 5) is 14.5. The summed E-state index contributed by atoms with van der Waals surface area (Å²) in [5.41, 5.74) is 0.742. The molecule has 0 bridgehead atoms. The lowest BCUT2D eigenvalue weighted by Crippen LogP contribution is -2.39. The molecule has 3 heteroatoms. The second kappa shape index (κ2) is 6.19. The lowest BCUT2D eigenvalue weighted by molar-refractivity contribution is 0.0705. The van der Waals surface area contributed by atoms with Gasteiger partial charge in [-0.05, 0) is 40.9 Å². The van der Waals surface area contributed by atoms with Crippen molar-refractivity contribution in [3.63, 3.8) is 0 Å². The summed E-state index contributed by atoms with van der Waals surface area (Å²) >= 11 is 3.45. The monoisotopic (exact) mass is 307 g/mol. The van der Waals surface area contributed by atoms with Crippen LogP contribution in [0.5, 0.6) is 0 Å². The van der Waals surface area contributed by atoms with Crippen molar-refractivity contribution in [2.45, 2.75) is 31.7 Å². The summed E-state index contributed by atoms with van der Waals surface area (Å²) in [6, 6.07) is 7.99. The van der Waals surface area contributed by atoms with Crippen LogP contribution in [-0.2, 0) is 0 Å². The molecule has 1 aliphatic carbocycles. The molecule has 0 spiro atoms. The van der Waals surface area contributed by atoms with Gasteiger partial charge in [-0.15, -0.1) is 6.58 Å². The number of carbonyl (C=O) groups excluding carboxylic acids is 1. The molecule has 0 unspecified atom stereocenters. The smallest absolute Gasteiger partial charge is 0.255 e. The Bertz CT molecular complexity index is 438. The number of hydrogen-bond donors (Lipinski definition) is 0. The van der Waals surface area contributed by atoms with Crippen LogP contribution in [0.4, 0.5) is 0 Å². The predicted octanol–water partition coefficient (Wildman–Crippen LogP) is 4.02. The first-order chi connectivity index (χ1) is 8.74. The molecule has 96 valence electrons. The molecule has 0 atom stereocenters. The van der Waals surface area contributed by atoms with Gasteiger partial charge < -0.3 is 4.90 Å². The first-order valence-electron chi connectivity index (χ1n) is 6.40. The van der Waals surface area contributed by atoms with E-state index in [2.05, 4.69) is 22.5 Å². The van der Waals surface area contributed by atoms with Gasteiger partial charge in [-0.3, -0.25) is 4.79 Å². The van der Waals surface area contributed by atoms with Gasteiger partial charge in [0, 0.05) is 17.1 Å². The van der Waals surface area contributed by atoms with Gasteiger partial charge >= 0.3 is 0 Å². The van der Waals surface area contributed by atoms with Gasteiger partial charge in [-0.25, -0.2) is 0 Å². The fourth-order valence-corrected chi connectivity index (χ4v) is 3.00. The van der Waals surface area contributed by atoms with Crippen LogP contribution >= 0.6 is 15.9 Å². The van der Waals surface area contributed by atoms with Gasteiger partial charge in [-0.1, -0.05) is 31.1 Å². The second-order valence-electron chi connectivity index (χ2n) is 4.66. The maximum Gasteiger partial charge on any atom is 0.255 e. The van der Waals surface area contributed by atoms with Crippen LogP contribution in [0.3, 0.4) is 0 Å². The molecular formula is C15H18BrNO. The van der Waals surface area contributed by atoms with E-state index in [1.165, 1.54) is 12.8 Å². The van der Waals surface area contributed by atoms with E-state index in [4.69, 9.17) is 0 Å². The van der Waals surface area contributed by atoms with Gasteiger partial charge in [0.15, 0.2) is 0 Å². The van der Waals surface area contributed by atoms with E-state index in [0.29, 0.717) is 12.6 Å². The van der Waals surface area contributed by atoms with Crippen LogP contribution in [0.1, 0.15) is 36.0 Å². The quantitative estimate of drug-likeness (QED) is 0.769. The molecule has 1 aromatic rings. The minimum Gasteiger partial charge on any atom is -0.332 e. The lowest BCUT2D eigenvalue weighted by Gasteiger charge is -2.28. The number of hydrogen-bond acceptors (Lipinski definition) is 1. The molecule has 2 nitrogen and oxygen atoms in total. The molecule has 18 heavy (non-hydrogen) atoms. The molecule has 0 radical (unpaired) electrons. The summed E-state index contributed by atoms with van der Waals surface area (Å²) in [5, 5.41) is 0. The first kappa shape index (κ1) is 13.3. The van der Waals surface area contributed by atoms with Crippen LogP contribution in [0.25, 0.3) is 0 Å². The van der Waals surface area contributed by atoms with E-state index >= 15 is 0 Å². The summed E-state index contributed by atoms with van der Waals surface area (Å²) in [6.45, 7) is 4.39. The number of benzene rings is 1. The topological polar surface area (TPSA) is 20.3 Å². The van der Waals surface area contributed by atoms with Crippen molar-refractivity contribution in [3.8, 4) is 0 Å². The summed E-state index contributed by atoms with van der Waals surface area (Å²) in [5.74, 6) is 0.106. The number of nitrogens with zero attached hydrogens (tertiary/aromatic N) is 1. The van der Waals surface area contributed by atoms with Gasteiger partial charge in [-0.2, -0.15) is 0 Å². The minimum atomic E-state index is 0.106. The predicted molar refractivity (Wildman–Crippen MR) is 77.6 cm³/mol. The van der Waals surface area contributed by atoms with Crippen molar-refractivity contribution in [1.82, 2.24) is 4.90 Å². The van der Waals surface area contributed by atoms with Crippen molar-refractivity contribution >= 4 is 21.8 Å². The molecule has 0 heterocycles. The minimum absolute atomic E-state index is 0.106. The molecule has 1 aromatic carbocycles.